The van der Waals surface area contributed by atoms with Crippen LogP contribution in [0.1, 0.15) is 19.3 Å². The molecule has 2 aliphatic rings. The minimum atomic E-state index is -3.17. The summed E-state index contributed by atoms with van der Waals surface area (Å²) in [6, 6.07) is 0.352. The molecule has 0 saturated carbocycles. The van der Waals surface area contributed by atoms with E-state index in [1.54, 1.807) is 4.31 Å². The summed E-state index contributed by atoms with van der Waals surface area (Å²) in [6.45, 7) is 2.88. The SMILES string of the molecule is O=S1(=O)NCCCN1C[C@H]1CCCN1. The molecule has 0 aromatic carbocycles. The minimum absolute atomic E-state index is 0.352. The van der Waals surface area contributed by atoms with Gasteiger partial charge in [0, 0.05) is 25.7 Å². The van der Waals surface area contributed by atoms with Crippen molar-refractivity contribution in [3.63, 3.8) is 0 Å². The highest BCUT2D eigenvalue weighted by atomic mass is 32.2. The molecule has 2 N–H and O–H groups in total. The van der Waals surface area contributed by atoms with Gasteiger partial charge in [-0.1, -0.05) is 0 Å². The van der Waals surface area contributed by atoms with Crippen LogP contribution < -0.4 is 10.0 Å². The van der Waals surface area contributed by atoms with Crippen molar-refractivity contribution >= 4 is 10.2 Å². The molecule has 2 fully saturated rings. The Morgan fingerprint density at radius 1 is 1.29 bits per heavy atom. The monoisotopic (exact) mass is 219 g/mol. The Morgan fingerprint density at radius 3 is 2.79 bits per heavy atom. The number of nitrogens with one attached hydrogen (secondary N) is 2. The fourth-order valence-corrected chi connectivity index (χ4v) is 3.35. The summed E-state index contributed by atoms with van der Waals surface area (Å²) in [5, 5.41) is 3.31. The predicted octanol–water partition coefficient (Wildman–Crippen LogP) is -0.721. The molecule has 0 aromatic heterocycles. The maximum absolute atomic E-state index is 11.6. The van der Waals surface area contributed by atoms with Crippen LogP contribution in [0.25, 0.3) is 0 Å². The Kier molecular flexibility index (Phi) is 3.06. The van der Waals surface area contributed by atoms with Gasteiger partial charge in [0.2, 0.25) is 0 Å². The van der Waals surface area contributed by atoms with Crippen molar-refractivity contribution in [3.05, 3.63) is 0 Å². The van der Waals surface area contributed by atoms with Gasteiger partial charge < -0.3 is 5.32 Å². The summed E-state index contributed by atoms with van der Waals surface area (Å²) in [6.07, 6.45) is 3.16. The summed E-state index contributed by atoms with van der Waals surface area (Å²) in [5.74, 6) is 0. The Bertz CT molecular complexity index is 285. The van der Waals surface area contributed by atoms with E-state index in [2.05, 4.69) is 10.0 Å². The average molecular weight is 219 g/mol. The summed E-state index contributed by atoms with van der Waals surface area (Å²) >= 11 is 0. The number of rotatable bonds is 2. The predicted molar refractivity (Wildman–Crippen MR) is 54.1 cm³/mol. The van der Waals surface area contributed by atoms with Gasteiger partial charge in [-0.05, 0) is 25.8 Å². The molecule has 82 valence electrons. The van der Waals surface area contributed by atoms with E-state index in [9.17, 15) is 8.42 Å². The molecule has 2 aliphatic heterocycles. The molecule has 0 amide bonds. The summed E-state index contributed by atoms with van der Waals surface area (Å²) in [5.41, 5.74) is 0. The van der Waals surface area contributed by atoms with E-state index < -0.39 is 10.2 Å². The van der Waals surface area contributed by atoms with Gasteiger partial charge >= 0.3 is 0 Å². The van der Waals surface area contributed by atoms with E-state index in [-0.39, 0.29) is 0 Å². The standard InChI is InChI=1S/C8H17N3O2S/c12-14(13)10-5-2-6-11(14)7-8-3-1-4-9-8/h8-10H,1-7H2/t8-/m1/s1. The Morgan fingerprint density at radius 2 is 2.14 bits per heavy atom. The smallest absolute Gasteiger partial charge is 0.279 e. The highest BCUT2D eigenvalue weighted by Gasteiger charge is 2.28. The van der Waals surface area contributed by atoms with Crippen LogP contribution in [-0.4, -0.2) is 44.9 Å². The van der Waals surface area contributed by atoms with Crippen LogP contribution in [0, 0.1) is 0 Å². The van der Waals surface area contributed by atoms with Crippen molar-refractivity contribution in [2.24, 2.45) is 0 Å². The van der Waals surface area contributed by atoms with Crippen molar-refractivity contribution in [1.29, 1.82) is 0 Å². The van der Waals surface area contributed by atoms with Crippen LogP contribution >= 0.6 is 0 Å². The first-order valence-electron chi connectivity index (χ1n) is 5.16. The van der Waals surface area contributed by atoms with Crippen LogP contribution in [0.2, 0.25) is 0 Å². The topological polar surface area (TPSA) is 61.4 Å². The van der Waals surface area contributed by atoms with Crippen LogP contribution in [0.5, 0.6) is 0 Å². The molecule has 0 bridgehead atoms. The first-order chi connectivity index (χ1) is 6.68. The molecule has 2 heterocycles. The van der Waals surface area contributed by atoms with Crippen molar-refractivity contribution in [2.45, 2.75) is 25.3 Å². The summed E-state index contributed by atoms with van der Waals surface area (Å²) < 4.78 is 27.2. The van der Waals surface area contributed by atoms with Gasteiger partial charge in [-0.2, -0.15) is 12.7 Å². The summed E-state index contributed by atoms with van der Waals surface area (Å²) in [4.78, 5) is 0. The lowest BCUT2D eigenvalue weighted by molar-refractivity contribution is 0.343. The van der Waals surface area contributed by atoms with Gasteiger partial charge in [0.1, 0.15) is 0 Å². The molecule has 0 aromatic rings. The zero-order valence-corrected chi connectivity index (χ0v) is 9.02. The molecule has 6 heteroatoms. The summed E-state index contributed by atoms with van der Waals surface area (Å²) in [7, 11) is -3.17. The molecule has 1 atom stereocenters. The molecule has 2 rings (SSSR count). The van der Waals surface area contributed by atoms with E-state index in [1.807, 2.05) is 0 Å². The average Bonchev–Trinajstić information content (AvgIpc) is 2.61. The molecular weight excluding hydrogens is 202 g/mol. The third-order valence-electron chi connectivity index (χ3n) is 2.80. The van der Waals surface area contributed by atoms with Crippen molar-refractivity contribution in [3.8, 4) is 0 Å². The second kappa shape index (κ2) is 4.14. The molecule has 14 heavy (non-hydrogen) atoms. The van der Waals surface area contributed by atoms with Gasteiger partial charge in [0.05, 0.1) is 0 Å². The van der Waals surface area contributed by atoms with E-state index in [0.717, 1.165) is 25.8 Å². The lowest BCUT2D eigenvalue weighted by Gasteiger charge is -2.28. The minimum Gasteiger partial charge on any atom is -0.313 e. The number of hydrogen-bond acceptors (Lipinski definition) is 3. The van der Waals surface area contributed by atoms with E-state index in [4.69, 9.17) is 0 Å². The first-order valence-corrected chi connectivity index (χ1v) is 6.60. The van der Waals surface area contributed by atoms with Gasteiger partial charge in [-0.15, -0.1) is 0 Å². The van der Waals surface area contributed by atoms with Gasteiger partial charge in [-0.3, -0.25) is 0 Å². The highest BCUT2D eigenvalue weighted by molar-refractivity contribution is 7.87. The third-order valence-corrected chi connectivity index (χ3v) is 4.38. The van der Waals surface area contributed by atoms with Gasteiger partial charge in [-0.25, -0.2) is 4.72 Å². The molecule has 5 nitrogen and oxygen atoms in total. The lowest BCUT2D eigenvalue weighted by atomic mass is 10.2. The molecule has 0 radical (unpaired) electrons. The zero-order chi connectivity index (χ0) is 10.0. The number of nitrogens with zero attached hydrogens (tertiary/aromatic N) is 1. The quantitative estimate of drug-likeness (QED) is 0.644. The molecular formula is C8H17N3O2S. The van der Waals surface area contributed by atoms with Crippen LogP contribution in [0.3, 0.4) is 0 Å². The van der Waals surface area contributed by atoms with Crippen LogP contribution in [0.4, 0.5) is 0 Å². The third kappa shape index (κ3) is 2.25. The van der Waals surface area contributed by atoms with Crippen LogP contribution in [-0.2, 0) is 10.2 Å². The van der Waals surface area contributed by atoms with E-state index in [1.165, 1.54) is 0 Å². The Labute approximate surface area is 85.0 Å². The second-order valence-electron chi connectivity index (χ2n) is 3.90. The molecule has 0 spiro atoms. The molecule has 0 aliphatic carbocycles. The van der Waals surface area contributed by atoms with Crippen molar-refractivity contribution < 1.29 is 8.42 Å². The zero-order valence-electron chi connectivity index (χ0n) is 8.20. The maximum Gasteiger partial charge on any atom is 0.279 e. The maximum atomic E-state index is 11.6. The van der Waals surface area contributed by atoms with Gasteiger partial charge in [0.25, 0.3) is 10.2 Å². The fraction of sp³-hybridized carbons (Fsp3) is 1.00. The van der Waals surface area contributed by atoms with E-state index in [0.29, 0.717) is 25.7 Å². The second-order valence-corrected chi connectivity index (χ2v) is 5.66. The molecule has 2 saturated heterocycles. The van der Waals surface area contributed by atoms with Gasteiger partial charge in [0.15, 0.2) is 0 Å². The highest BCUT2D eigenvalue weighted by Crippen LogP contribution is 2.11. The lowest BCUT2D eigenvalue weighted by Crippen LogP contribution is -2.50. The largest absolute Gasteiger partial charge is 0.313 e. The van der Waals surface area contributed by atoms with E-state index >= 15 is 0 Å². The first kappa shape index (κ1) is 10.4. The Balaban J connectivity index is 1.94. The Hall–Kier alpha value is -0.170. The van der Waals surface area contributed by atoms with Crippen LogP contribution in [0.15, 0.2) is 0 Å². The number of hydrogen-bond donors (Lipinski definition) is 2. The normalized spacial score (nSPS) is 33.3. The fourth-order valence-electron chi connectivity index (χ4n) is 2.02. The van der Waals surface area contributed by atoms with Crippen molar-refractivity contribution in [1.82, 2.24) is 14.3 Å². The van der Waals surface area contributed by atoms with Crippen molar-refractivity contribution in [2.75, 3.05) is 26.2 Å². The molecule has 0 unspecified atom stereocenters.